The minimum absolute atomic E-state index is 0.122. The topological polar surface area (TPSA) is 66.8 Å². The summed E-state index contributed by atoms with van der Waals surface area (Å²) in [6.07, 6.45) is 0.000626. The van der Waals surface area contributed by atoms with Gasteiger partial charge in [0, 0.05) is 6.54 Å². The standard InChI is InChI=1S/C16H21NO4/c1-5-12-14(18)17(9-16(3,4)15(19)20)11-8-10(2)6-7-13(11)21-12/h6-8,12H,5,9H2,1-4H3,(H,19,20). The minimum Gasteiger partial charge on any atom is -0.481 e. The smallest absolute Gasteiger partial charge is 0.310 e. The first-order chi connectivity index (χ1) is 9.76. The number of fused-ring (bicyclic) bond motifs is 1. The summed E-state index contributed by atoms with van der Waals surface area (Å²) in [5, 5.41) is 9.31. The molecule has 5 nitrogen and oxygen atoms in total. The van der Waals surface area contributed by atoms with E-state index in [1.54, 1.807) is 18.7 Å². The van der Waals surface area contributed by atoms with Gasteiger partial charge in [-0.15, -0.1) is 0 Å². The number of nitrogens with zero attached hydrogens (tertiary/aromatic N) is 1. The highest BCUT2D eigenvalue weighted by atomic mass is 16.5. The van der Waals surface area contributed by atoms with Crippen LogP contribution in [0, 0.1) is 12.3 Å². The average molecular weight is 291 g/mol. The Morgan fingerprint density at radius 2 is 2.10 bits per heavy atom. The molecule has 114 valence electrons. The maximum Gasteiger partial charge on any atom is 0.310 e. The van der Waals surface area contributed by atoms with E-state index in [1.165, 1.54) is 0 Å². The molecule has 0 spiro atoms. The van der Waals surface area contributed by atoms with Crippen molar-refractivity contribution in [2.75, 3.05) is 11.4 Å². The zero-order valence-electron chi connectivity index (χ0n) is 12.8. The Bertz CT molecular complexity index is 580. The van der Waals surface area contributed by atoms with Crippen molar-refractivity contribution < 1.29 is 19.4 Å². The fourth-order valence-electron chi connectivity index (χ4n) is 2.32. The number of hydrogen-bond acceptors (Lipinski definition) is 3. The van der Waals surface area contributed by atoms with Crippen molar-refractivity contribution in [2.24, 2.45) is 5.41 Å². The van der Waals surface area contributed by atoms with Crippen molar-refractivity contribution in [3.8, 4) is 5.75 Å². The van der Waals surface area contributed by atoms with Gasteiger partial charge in [-0.25, -0.2) is 0 Å². The first kappa shape index (κ1) is 15.4. The van der Waals surface area contributed by atoms with E-state index in [0.717, 1.165) is 5.56 Å². The summed E-state index contributed by atoms with van der Waals surface area (Å²) >= 11 is 0. The first-order valence-electron chi connectivity index (χ1n) is 7.08. The maximum atomic E-state index is 12.5. The largest absolute Gasteiger partial charge is 0.481 e. The Morgan fingerprint density at radius 1 is 1.43 bits per heavy atom. The van der Waals surface area contributed by atoms with Gasteiger partial charge in [0.15, 0.2) is 6.10 Å². The van der Waals surface area contributed by atoms with E-state index in [4.69, 9.17) is 4.74 Å². The number of carbonyl (C=O) groups is 2. The zero-order valence-corrected chi connectivity index (χ0v) is 12.8. The van der Waals surface area contributed by atoms with Crippen LogP contribution in [-0.2, 0) is 9.59 Å². The molecular formula is C16H21NO4. The third kappa shape index (κ3) is 2.86. The molecule has 1 aromatic rings. The molecule has 1 amide bonds. The van der Waals surface area contributed by atoms with Crippen LogP contribution in [0.25, 0.3) is 0 Å². The summed E-state index contributed by atoms with van der Waals surface area (Å²) < 4.78 is 5.71. The highest BCUT2D eigenvalue weighted by Crippen LogP contribution is 2.37. The van der Waals surface area contributed by atoms with Crippen LogP contribution in [0.4, 0.5) is 5.69 Å². The van der Waals surface area contributed by atoms with Crippen molar-refractivity contribution in [3.05, 3.63) is 23.8 Å². The summed E-state index contributed by atoms with van der Waals surface area (Å²) in [6.45, 7) is 7.17. The van der Waals surface area contributed by atoms with E-state index in [-0.39, 0.29) is 12.5 Å². The Labute approximate surface area is 124 Å². The number of rotatable bonds is 4. The lowest BCUT2D eigenvalue weighted by molar-refractivity contribution is -0.146. The van der Waals surface area contributed by atoms with Gasteiger partial charge in [0.1, 0.15) is 5.75 Å². The third-order valence-electron chi connectivity index (χ3n) is 3.72. The summed E-state index contributed by atoms with van der Waals surface area (Å²) in [5.41, 5.74) is 0.629. The average Bonchev–Trinajstić information content (AvgIpc) is 2.41. The van der Waals surface area contributed by atoms with E-state index < -0.39 is 17.5 Å². The number of anilines is 1. The number of amides is 1. The Morgan fingerprint density at radius 3 is 2.67 bits per heavy atom. The van der Waals surface area contributed by atoms with Gasteiger partial charge in [-0.3, -0.25) is 9.59 Å². The summed E-state index contributed by atoms with van der Waals surface area (Å²) in [7, 11) is 0. The number of carbonyl (C=O) groups excluding carboxylic acids is 1. The molecule has 1 unspecified atom stereocenters. The van der Waals surface area contributed by atoms with E-state index in [9.17, 15) is 14.7 Å². The van der Waals surface area contributed by atoms with Gasteiger partial charge in [-0.2, -0.15) is 0 Å². The molecule has 0 aliphatic carbocycles. The maximum absolute atomic E-state index is 12.5. The molecule has 21 heavy (non-hydrogen) atoms. The molecule has 1 aromatic carbocycles. The highest BCUT2D eigenvalue weighted by molar-refractivity contribution is 6.00. The number of aliphatic carboxylic acids is 1. The fraction of sp³-hybridized carbons (Fsp3) is 0.500. The van der Waals surface area contributed by atoms with Crippen LogP contribution in [0.2, 0.25) is 0 Å². The second kappa shape index (κ2) is 5.39. The summed E-state index contributed by atoms with van der Waals surface area (Å²) in [6, 6.07) is 5.61. The second-order valence-electron chi connectivity index (χ2n) is 6.10. The SMILES string of the molecule is CCC1Oc2ccc(C)cc2N(CC(C)(C)C(=O)O)C1=O. The van der Waals surface area contributed by atoms with E-state index >= 15 is 0 Å². The van der Waals surface area contributed by atoms with Gasteiger partial charge >= 0.3 is 5.97 Å². The zero-order chi connectivity index (χ0) is 15.8. The van der Waals surface area contributed by atoms with Crippen LogP contribution in [0.3, 0.4) is 0 Å². The molecule has 0 saturated heterocycles. The van der Waals surface area contributed by atoms with Gasteiger partial charge in [-0.05, 0) is 44.9 Å². The van der Waals surface area contributed by atoms with Crippen LogP contribution >= 0.6 is 0 Å². The minimum atomic E-state index is -1.02. The second-order valence-corrected chi connectivity index (χ2v) is 6.10. The molecule has 1 heterocycles. The van der Waals surface area contributed by atoms with Crippen molar-refractivity contribution >= 4 is 17.6 Å². The highest BCUT2D eigenvalue weighted by Gasteiger charge is 2.39. The Hall–Kier alpha value is -2.04. The quantitative estimate of drug-likeness (QED) is 0.926. The molecule has 0 bridgehead atoms. The number of aryl methyl sites for hydroxylation is 1. The lowest BCUT2D eigenvalue weighted by Gasteiger charge is -2.37. The molecule has 0 fully saturated rings. The van der Waals surface area contributed by atoms with Crippen molar-refractivity contribution in [1.82, 2.24) is 0 Å². The Kier molecular flexibility index (Phi) is 3.94. The predicted octanol–water partition coefficient (Wildman–Crippen LogP) is 2.61. The normalized spacial score (nSPS) is 18.2. The number of carboxylic acid groups (broad SMARTS) is 1. The van der Waals surface area contributed by atoms with E-state index in [1.807, 2.05) is 32.0 Å². The van der Waals surface area contributed by atoms with Gasteiger partial charge in [0.05, 0.1) is 11.1 Å². The van der Waals surface area contributed by atoms with Crippen LogP contribution in [-0.4, -0.2) is 29.6 Å². The van der Waals surface area contributed by atoms with Crippen LogP contribution in [0.5, 0.6) is 5.75 Å². The molecule has 1 atom stereocenters. The van der Waals surface area contributed by atoms with Gasteiger partial charge < -0.3 is 14.7 Å². The van der Waals surface area contributed by atoms with Crippen molar-refractivity contribution in [3.63, 3.8) is 0 Å². The predicted molar refractivity (Wildman–Crippen MR) is 79.7 cm³/mol. The fourth-order valence-corrected chi connectivity index (χ4v) is 2.32. The lowest BCUT2D eigenvalue weighted by Crippen LogP contribution is -2.50. The van der Waals surface area contributed by atoms with Crippen LogP contribution in [0.1, 0.15) is 32.8 Å². The van der Waals surface area contributed by atoms with E-state index in [2.05, 4.69) is 0 Å². The Balaban J connectivity index is 2.45. The molecule has 0 radical (unpaired) electrons. The molecular weight excluding hydrogens is 270 g/mol. The van der Waals surface area contributed by atoms with Gasteiger partial charge in [0.25, 0.3) is 5.91 Å². The number of carboxylic acids is 1. The third-order valence-corrected chi connectivity index (χ3v) is 3.72. The van der Waals surface area contributed by atoms with Gasteiger partial charge in [-0.1, -0.05) is 13.0 Å². The summed E-state index contributed by atoms with van der Waals surface area (Å²) in [4.78, 5) is 25.5. The molecule has 1 aliphatic rings. The lowest BCUT2D eigenvalue weighted by atomic mass is 9.92. The molecule has 0 saturated carbocycles. The number of ether oxygens (including phenoxy) is 1. The molecule has 1 N–H and O–H groups in total. The molecule has 2 rings (SSSR count). The van der Waals surface area contributed by atoms with Crippen LogP contribution in [0.15, 0.2) is 18.2 Å². The molecule has 0 aromatic heterocycles. The summed E-state index contributed by atoms with van der Waals surface area (Å²) in [5.74, 6) is -0.470. The van der Waals surface area contributed by atoms with Crippen molar-refractivity contribution in [2.45, 2.75) is 40.2 Å². The molecule has 1 aliphatic heterocycles. The van der Waals surface area contributed by atoms with Crippen LogP contribution < -0.4 is 9.64 Å². The monoisotopic (exact) mass is 291 g/mol. The van der Waals surface area contributed by atoms with E-state index in [0.29, 0.717) is 17.9 Å². The molecule has 5 heteroatoms. The van der Waals surface area contributed by atoms with Crippen molar-refractivity contribution in [1.29, 1.82) is 0 Å². The first-order valence-corrected chi connectivity index (χ1v) is 7.08. The number of hydrogen-bond donors (Lipinski definition) is 1. The number of benzene rings is 1. The van der Waals surface area contributed by atoms with Gasteiger partial charge in [0.2, 0.25) is 0 Å².